The van der Waals surface area contributed by atoms with E-state index < -0.39 is 0 Å². The summed E-state index contributed by atoms with van der Waals surface area (Å²) in [5.74, 6) is 2.01. The van der Waals surface area contributed by atoms with Crippen LogP contribution in [0, 0.1) is 11.8 Å². The first-order chi connectivity index (χ1) is 5.40. The molecule has 1 nitrogen and oxygen atoms in total. The van der Waals surface area contributed by atoms with Crippen molar-refractivity contribution in [1.29, 1.82) is 0 Å². The first kappa shape index (κ1) is 7.35. The molecule has 0 radical (unpaired) electrons. The molecule has 0 amide bonds. The molecule has 0 aromatic rings. The summed E-state index contributed by atoms with van der Waals surface area (Å²) in [6.45, 7) is 0.820. The van der Waals surface area contributed by atoms with Gasteiger partial charge in [-0.3, -0.25) is 0 Å². The molecular weight excluding hydrogens is 134 g/mol. The average Bonchev–Trinajstić information content (AvgIpc) is 2.60. The van der Waals surface area contributed by atoms with Crippen LogP contribution in [-0.4, -0.2) is 6.54 Å². The van der Waals surface area contributed by atoms with E-state index in [1.54, 1.807) is 5.57 Å². The highest BCUT2D eigenvalue weighted by molar-refractivity contribution is 5.16. The average molecular weight is 151 g/mol. The van der Waals surface area contributed by atoms with Crippen LogP contribution in [0.5, 0.6) is 0 Å². The zero-order valence-electron chi connectivity index (χ0n) is 7.05. The predicted octanol–water partition coefficient (Wildman–Crippen LogP) is 2.08. The van der Waals surface area contributed by atoms with Crippen molar-refractivity contribution in [3.8, 4) is 0 Å². The lowest BCUT2D eigenvalue weighted by Gasteiger charge is -2.12. The van der Waals surface area contributed by atoms with Gasteiger partial charge >= 0.3 is 0 Å². The number of allylic oxidation sites excluding steroid dienone is 1. The molecule has 1 heteroatoms. The first-order valence-corrected chi connectivity index (χ1v) is 4.79. The highest BCUT2D eigenvalue weighted by Gasteiger charge is 2.34. The molecule has 0 aromatic carbocycles. The van der Waals surface area contributed by atoms with Gasteiger partial charge in [0.1, 0.15) is 0 Å². The Morgan fingerprint density at radius 3 is 2.91 bits per heavy atom. The van der Waals surface area contributed by atoms with Crippen LogP contribution < -0.4 is 5.73 Å². The first-order valence-electron chi connectivity index (χ1n) is 4.79. The molecule has 2 saturated carbocycles. The van der Waals surface area contributed by atoms with Crippen molar-refractivity contribution < 1.29 is 0 Å². The fraction of sp³-hybridized carbons (Fsp3) is 0.800. The molecular formula is C10H17N. The van der Waals surface area contributed by atoms with Gasteiger partial charge in [-0.25, -0.2) is 0 Å². The van der Waals surface area contributed by atoms with Gasteiger partial charge in [0.05, 0.1) is 0 Å². The molecule has 0 saturated heterocycles. The van der Waals surface area contributed by atoms with Crippen molar-refractivity contribution >= 4 is 0 Å². The minimum atomic E-state index is 0.820. The van der Waals surface area contributed by atoms with Crippen LogP contribution in [0.1, 0.15) is 32.1 Å². The number of hydrogen-bond acceptors (Lipinski definition) is 1. The molecule has 0 aromatic heterocycles. The van der Waals surface area contributed by atoms with E-state index in [1.807, 2.05) is 0 Å². The molecule has 2 N–H and O–H groups in total. The zero-order valence-corrected chi connectivity index (χ0v) is 7.05. The highest BCUT2D eigenvalue weighted by atomic mass is 14.5. The van der Waals surface area contributed by atoms with E-state index >= 15 is 0 Å². The number of nitrogens with two attached hydrogens (primary N) is 1. The third-order valence-corrected chi connectivity index (χ3v) is 3.16. The Kier molecular flexibility index (Phi) is 1.99. The number of hydrogen-bond donors (Lipinski definition) is 1. The van der Waals surface area contributed by atoms with Gasteiger partial charge in [-0.15, -0.1) is 0 Å². The van der Waals surface area contributed by atoms with Gasteiger partial charge in [0.2, 0.25) is 0 Å². The molecule has 2 rings (SSSR count). The molecule has 2 fully saturated rings. The predicted molar refractivity (Wildman–Crippen MR) is 47.2 cm³/mol. The van der Waals surface area contributed by atoms with E-state index in [2.05, 4.69) is 6.08 Å². The minimum Gasteiger partial charge on any atom is -0.330 e. The molecule has 0 heterocycles. The minimum absolute atomic E-state index is 0.820. The molecule has 2 atom stereocenters. The summed E-state index contributed by atoms with van der Waals surface area (Å²) in [5.41, 5.74) is 7.19. The van der Waals surface area contributed by atoms with Crippen molar-refractivity contribution in [2.75, 3.05) is 6.54 Å². The Hall–Kier alpha value is -0.300. The fourth-order valence-electron chi connectivity index (χ4n) is 2.62. The van der Waals surface area contributed by atoms with Gasteiger partial charge in [0.25, 0.3) is 0 Å². The van der Waals surface area contributed by atoms with Crippen LogP contribution in [-0.2, 0) is 0 Å². The zero-order chi connectivity index (χ0) is 7.68. The van der Waals surface area contributed by atoms with Crippen LogP contribution in [0.4, 0.5) is 0 Å². The highest BCUT2D eigenvalue weighted by Crippen LogP contribution is 2.47. The Labute approximate surface area is 68.7 Å². The van der Waals surface area contributed by atoms with E-state index in [0.29, 0.717) is 0 Å². The summed E-state index contributed by atoms with van der Waals surface area (Å²) in [6, 6.07) is 0. The Morgan fingerprint density at radius 1 is 1.45 bits per heavy atom. The van der Waals surface area contributed by atoms with Crippen LogP contribution >= 0.6 is 0 Å². The maximum atomic E-state index is 5.46. The summed E-state index contributed by atoms with van der Waals surface area (Å²) in [7, 11) is 0. The van der Waals surface area contributed by atoms with Crippen molar-refractivity contribution in [1.82, 2.24) is 0 Å². The van der Waals surface area contributed by atoms with Crippen molar-refractivity contribution in [2.45, 2.75) is 32.1 Å². The summed E-state index contributed by atoms with van der Waals surface area (Å²) in [4.78, 5) is 0. The van der Waals surface area contributed by atoms with Crippen LogP contribution in [0.2, 0.25) is 0 Å². The topological polar surface area (TPSA) is 26.0 Å². The Balaban J connectivity index is 1.96. The van der Waals surface area contributed by atoms with Crippen molar-refractivity contribution in [3.05, 3.63) is 11.6 Å². The van der Waals surface area contributed by atoms with E-state index in [9.17, 15) is 0 Å². The van der Waals surface area contributed by atoms with Crippen molar-refractivity contribution in [3.63, 3.8) is 0 Å². The monoisotopic (exact) mass is 151 g/mol. The Bertz CT molecular complexity index is 172. The Morgan fingerprint density at radius 2 is 2.36 bits per heavy atom. The largest absolute Gasteiger partial charge is 0.330 e. The van der Waals surface area contributed by atoms with Crippen LogP contribution in [0.15, 0.2) is 11.6 Å². The van der Waals surface area contributed by atoms with Crippen molar-refractivity contribution in [2.24, 2.45) is 17.6 Å². The lowest BCUT2D eigenvalue weighted by atomic mass is 9.94. The van der Waals surface area contributed by atoms with Gasteiger partial charge < -0.3 is 5.73 Å². The number of rotatable bonds is 2. The molecule has 2 aliphatic carbocycles. The van der Waals surface area contributed by atoms with E-state index in [1.165, 1.54) is 25.7 Å². The molecule has 11 heavy (non-hydrogen) atoms. The van der Waals surface area contributed by atoms with E-state index in [-0.39, 0.29) is 0 Å². The SMILES string of the molecule is NCC/C=C1/CC2CCC1C2. The molecule has 62 valence electrons. The third-order valence-electron chi connectivity index (χ3n) is 3.16. The van der Waals surface area contributed by atoms with Crippen LogP contribution in [0.3, 0.4) is 0 Å². The van der Waals surface area contributed by atoms with Gasteiger partial charge in [-0.1, -0.05) is 11.6 Å². The number of fused-ring (bicyclic) bond motifs is 2. The van der Waals surface area contributed by atoms with E-state index in [4.69, 9.17) is 5.73 Å². The van der Waals surface area contributed by atoms with Gasteiger partial charge in [0.15, 0.2) is 0 Å². The fourth-order valence-corrected chi connectivity index (χ4v) is 2.62. The molecule has 2 bridgehead atoms. The quantitative estimate of drug-likeness (QED) is 0.601. The molecule has 2 aliphatic rings. The standard InChI is InChI=1S/C10H17N/c11-5-1-2-9-6-8-3-4-10(9)7-8/h2,8,10H,1,3-7,11H2/b9-2-. The van der Waals surface area contributed by atoms with Gasteiger partial charge in [-0.05, 0) is 50.5 Å². The van der Waals surface area contributed by atoms with E-state index in [0.717, 1.165) is 24.8 Å². The maximum Gasteiger partial charge on any atom is -0.00425 e. The second-order valence-electron chi connectivity index (χ2n) is 3.94. The molecule has 2 unspecified atom stereocenters. The summed E-state index contributed by atoms with van der Waals surface area (Å²) in [5, 5.41) is 0. The molecule has 0 spiro atoms. The second kappa shape index (κ2) is 2.98. The summed E-state index contributed by atoms with van der Waals surface area (Å²) >= 11 is 0. The summed E-state index contributed by atoms with van der Waals surface area (Å²) < 4.78 is 0. The summed E-state index contributed by atoms with van der Waals surface area (Å²) in [6.07, 6.45) is 9.31. The third kappa shape index (κ3) is 1.34. The maximum absolute atomic E-state index is 5.46. The lowest BCUT2D eigenvalue weighted by Crippen LogP contribution is -2.01. The van der Waals surface area contributed by atoms with Gasteiger partial charge in [0, 0.05) is 0 Å². The smallest absolute Gasteiger partial charge is 0.00425 e. The molecule has 0 aliphatic heterocycles. The normalized spacial score (nSPS) is 38.8. The lowest BCUT2D eigenvalue weighted by molar-refractivity contribution is 0.559. The van der Waals surface area contributed by atoms with Crippen LogP contribution in [0.25, 0.3) is 0 Å². The van der Waals surface area contributed by atoms with Gasteiger partial charge in [-0.2, -0.15) is 0 Å². The second-order valence-corrected chi connectivity index (χ2v) is 3.94.